The van der Waals surface area contributed by atoms with Gasteiger partial charge in [-0.3, -0.25) is 4.79 Å². The van der Waals surface area contributed by atoms with Gasteiger partial charge in [0.05, 0.1) is 5.69 Å². The lowest BCUT2D eigenvalue weighted by Crippen LogP contribution is -2.19. The molecule has 26 heavy (non-hydrogen) atoms. The molecule has 0 fully saturated rings. The van der Waals surface area contributed by atoms with Gasteiger partial charge in [0.15, 0.2) is 17.4 Å². The van der Waals surface area contributed by atoms with Crippen LogP contribution >= 0.6 is 15.9 Å². The van der Waals surface area contributed by atoms with Crippen molar-refractivity contribution in [2.24, 2.45) is 5.92 Å². The number of carbonyl (C=O) groups is 1. The average molecular weight is 416 g/mol. The van der Waals surface area contributed by atoms with Crippen LogP contribution < -0.4 is 0 Å². The van der Waals surface area contributed by atoms with Crippen LogP contribution in [0.15, 0.2) is 53.0 Å². The van der Waals surface area contributed by atoms with Crippen molar-refractivity contribution in [3.05, 3.63) is 75.9 Å². The maximum atomic E-state index is 13.9. The number of nitrogens with zero attached hydrogens (tertiary/aromatic N) is 1. The van der Waals surface area contributed by atoms with Gasteiger partial charge in [-0.2, -0.15) is 0 Å². The Balaban J connectivity index is 1.99. The van der Waals surface area contributed by atoms with Gasteiger partial charge in [0, 0.05) is 33.9 Å². The molecular weight excluding hydrogens is 400 g/mol. The summed E-state index contributed by atoms with van der Waals surface area (Å²) in [6.07, 6.45) is 1.23. The fourth-order valence-corrected chi connectivity index (χ4v) is 3.84. The predicted molar refractivity (Wildman–Crippen MR) is 101 cm³/mol. The molecule has 132 valence electrons. The Kier molecular flexibility index (Phi) is 4.27. The molecule has 0 amide bonds. The van der Waals surface area contributed by atoms with Gasteiger partial charge >= 0.3 is 0 Å². The maximum Gasteiger partial charge on any atom is 0.164 e. The Bertz CT molecular complexity index is 1010. The zero-order valence-electron chi connectivity index (χ0n) is 14.1. The molecule has 2 nitrogen and oxygen atoms in total. The van der Waals surface area contributed by atoms with E-state index in [2.05, 4.69) is 15.9 Å². The highest BCUT2D eigenvalue weighted by Crippen LogP contribution is 2.36. The summed E-state index contributed by atoms with van der Waals surface area (Å²) in [5.41, 5.74) is 3.76. The van der Waals surface area contributed by atoms with E-state index in [-0.39, 0.29) is 11.7 Å². The quantitative estimate of drug-likeness (QED) is 0.506. The molecule has 0 bridgehead atoms. The number of Topliss-reactive ketones (excluding diaryl/α,β-unsaturated/α-hetero) is 1. The highest BCUT2D eigenvalue weighted by atomic mass is 79.9. The van der Waals surface area contributed by atoms with Crippen molar-refractivity contribution in [1.82, 2.24) is 4.57 Å². The van der Waals surface area contributed by atoms with E-state index in [1.165, 1.54) is 6.07 Å². The largest absolute Gasteiger partial charge is 0.313 e. The van der Waals surface area contributed by atoms with Crippen molar-refractivity contribution in [1.29, 1.82) is 0 Å². The number of carbonyl (C=O) groups excluding carboxylic acids is 1. The minimum Gasteiger partial charge on any atom is -0.313 e. The predicted octanol–water partition coefficient (Wildman–Crippen LogP) is 5.95. The number of hydrogen-bond donors (Lipinski definition) is 0. The number of rotatable bonds is 2. The third kappa shape index (κ3) is 2.90. The van der Waals surface area contributed by atoms with Gasteiger partial charge in [-0.25, -0.2) is 8.78 Å². The van der Waals surface area contributed by atoms with E-state index >= 15 is 0 Å². The topological polar surface area (TPSA) is 22.0 Å². The van der Waals surface area contributed by atoms with Crippen LogP contribution in [0.1, 0.15) is 29.4 Å². The molecule has 0 N–H and O–H groups in total. The fraction of sp³-hybridized carbons (Fsp3) is 0.190. The molecule has 1 atom stereocenters. The Morgan fingerprint density at radius 2 is 1.73 bits per heavy atom. The van der Waals surface area contributed by atoms with Gasteiger partial charge in [0.1, 0.15) is 0 Å². The van der Waals surface area contributed by atoms with Crippen molar-refractivity contribution < 1.29 is 13.6 Å². The third-order valence-corrected chi connectivity index (χ3v) is 5.31. The summed E-state index contributed by atoms with van der Waals surface area (Å²) in [5.74, 6) is -1.48. The van der Waals surface area contributed by atoms with Gasteiger partial charge in [0.2, 0.25) is 0 Å². The lowest BCUT2D eigenvalue weighted by atomic mass is 9.88. The molecule has 0 spiro atoms. The van der Waals surface area contributed by atoms with E-state index in [1.807, 2.05) is 41.8 Å². The summed E-state index contributed by atoms with van der Waals surface area (Å²) in [4.78, 5) is 12.5. The van der Waals surface area contributed by atoms with Crippen LogP contribution in [0.5, 0.6) is 0 Å². The number of aromatic nitrogens is 1. The molecule has 0 saturated heterocycles. The SMILES string of the molecule is CC1CC(=O)c2cc(-c3ccc(Br)cc3)n(-c3ccc(F)c(F)c3)c2C1. The summed E-state index contributed by atoms with van der Waals surface area (Å²) >= 11 is 3.42. The first-order valence-electron chi connectivity index (χ1n) is 8.43. The van der Waals surface area contributed by atoms with Crippen LogP contribution in [0, 0.1) is 17.6 Å². The first-order valence-corrected chi connectivity index (χ1v) is 9.22. The molecule has 4 rings (SSSR count). The summed E-state index contributed by atoms with van der Waals surface area (Å²) in [7, 11) is 0. The first-order chi connectivity index (χ1) is 12.4. The van der Waals surface area contributed by atoms with Crippen LogP contribution in [-0.2, 0) is 6.42 Å². The first kappa shape index (κ1) is 17.2. The Labute approximate surface area is 158 Å². The molecule has 5 heteroatoms. The van der Waals surface area contributed by atoms with E-state index in [0.29, 0.717) is 17.7 Å². The molecular formula is C21H16BrF2NO. The maximum absolute atomic E-state index is 13.9. The van der Waals surface area contributed by atoms with Crippen LogP contribution in [0.3, 0.4) is 0 Å². The number of halogens is 3. The van der Waals surface area contributed by atoms with Crippen LogP contribution in [-0.4, -0.2) is 10.4 Å². The standard InChI is InChI=1S/C21H16BrF2NO/c1-12-8-20-16(21(26)9-12)11-19(13-2-4-14(22)5-3-13)25(20)15-6-7-17(23)18(24)10-15/h2-7,10-12H,8-9H2,1H3. The Hall–Kier alpha value is -2.27. The Morgan fingerprint density at radius 1 is 1.00 bits per heavy atom. The lowest BCUT2D eigenvalue weighted by molar-refractivity contribution is 0.0952. The molecule has 0 aliphatic heterocycles. The van der Waals surface area contributed by atoms with Gasteiger partial charge in [-0.15, -0.1) is 0 Å². The van der Waals surface area contributed by atoms with Crippen LogP contribution in [0.25, 0.3) is 16.9 Å². The number of hydrogen-bond acceptors (Lipinski definition) is 1. The number of benzene rings is 2. The van der Waals surface area contributed by atoms with Gasteiger partial charge in [0.25, 0.3) is 0 Å². The van der Waals surface area contributed by atoms with Gasteiger partial charge < -0.3 is 4.57 Å². The van der Waals surface area contributed by atoms with Crippen LogP contribution in [0.2, 0.25) is 0 Å². The van der Waals surface area contributed by atoms with E-state index < -0.39 is 11.6 Å². The minimum absolute atomic E-state index is 0.0958. The second-order valence-electron chi connectivity index (χ2n) is 6.77. The summed E-state index contributed by atoms with van der Waals surface area (Å²) < 4.78 is 30.1. The van der Waals surface area contributed by atoms with E-state index in [9.17, 15) is 13.6 Å². The molecule has 1 heterocycles. The van der Waals surface area contributed by atoms with E-state index in [4.69, 9.17) is 0 Å². The molecule has 0 radical (unpaired) electrons. The van der Waals surface area contributed by atoms with Crippen molar-refractivity contribution in [3.8, 4) is 16.9 Å². The normalized spacial score (nSPS) is 16.6. The van der Waals surface area contributed by atoms with Crippen molar-refractivity contribution >= 4 is 21.7 Å². The van der Waals surface area contributed by atoms with Gasteiger partial charge in [-0.05, 0) is 48.2 Å². The van der Waals surface area contributed by atoms with E-state index in [1.54, 1.807) is 6.07 Å². The molecule has 1 unspecified atom stereocenters. The highest BCUT2D eigenvalue weighted by Gasteiger charge is 2.28. The zero-order chi connectivity index (χ0) is 18.4. The average Bonchev–Trinajstić information content (AvgIpc) is 2.98. The smallest absolute Gasteiger partial charge is 0.164 e. The number of fused-ring (bicyclic) bond motifs is 1. The molecule has 1 aliphatic rings. The molecule has 1 aliphatic carbocycles. The van der Waals surface area contributed by atoms with Crippen molar-refractivity contribution in [3.63, 3.8) is 0 Å². The summed E-state index contributed by atoms with van der Waals surface area (Å²) in [6, 6.07) is 13.4. The lowest BCUT2D eigenvalue weighted by Gasteiger charge is -2.21. The zero-order valence-corrected chi connectivity index (χ0v) is 15.7. The highest BCUT2D eigenvalue weighted by molar-refractivity contribution is 9.10. The summed E-state index contributed by atoms with van der Waals surface area (Å²) in [5, 5.41) is 0. The second-order valence-corrected chi connectivity index (χ2v) is 7.68. The van der Waals surface area contributed by atoms with Gasteiger partial charge in [-0.1, -0.05) is 35.0 Å². The van der Waals surface area contributed by atoms with Crippen molar-refractivity contribution in [2.45, 2.75) is 19.8 Å². The van der Waals surface area contributed by atoms with E-state index in [0.717, 1.165) is 33.9 Å². The monoisotopic (exact) mass is 415 g/mol. The molecule has 0 saturated carbocycles. The minimum atomic E-state index is -0.901. The molecule has 2 aromatic carbocycles. The molecule has 3 aromatic rings. The summed E-state index contributed by atoms with van der Waals surface area (Å²) in [6.45, 7) is 2.03. The fourth-order valence-electron chi connectivity index (χ4n) is 3.57. The van der Waals surface area contributed by atoms with Crippen LogP contribution in [0.4, 0.5) is 8.78 Å². The Morgan fingerprint density at radius 3 is 2.42 bits per heavy atom. The number of ketones is 1. The van der Waals surface area contributed by atoms with Crippen molar-refractivity contribution in [2.75, 3.05) is 0 Å². The third-order valence-electron chi connectivity index (χ3n) is 4.78. The second kappa shape index (κ2) is 6.47. The molecule has 1 aromatic heterocycles.